The molecular formula is C19H25ClN4O3. The van der Waals surface area contributed by atoms with E-state index >= 15 is 0 Å². The molecule has 2 rings (SSSR count). The second-order valence-corrected chi connectivity index (χ2v) is 5.52. The smallest absolute Gasteiger partial charge is 0.323 e. The number of anilines is 2. The van der Waals surface area contributed by atoms with Gasteiger partial charge in [-0.05, 0) is 36.4 Å². The molecule has 3 amide bonds. The Balaban J connectivity index is 0.00000364. The van der Waals surface area contributed by atoms with Crippen molar-refractivity contribution in [1.29, 1.82) is 0 Å². The van der Waals surface area contributed by atoms with E-state index in [0.717, 1.165) is 6.54 Å². The van der Waals surface area contributed by atoms with Gasteiger partial charge >= 0.3 is 6.03 Å². The molecule has 0 bridgehead atoms. The van der Waals surface area contributed by atoms with Gasteiger partial charge in [-0.25, -0.2) is 4.79 Å². The number of carbonyl (C=O) groups excluding carboxylic acids is 2. The third-order valence-corrected chi connectivity index (χ3v) is 3.51. The van der Waals surface area contributed by atoms with Crippen molar-refractivity contribution in [1.82, 2.24) is 10.6 Å². The van der Waals surface area contributed by atoms with Gasteiger partial charge in [-0.2, -0.15) is 0 Å². The van der Waals surface area contributed by atoms with E-state index in [1.54, 1.807) is 43.5 Å². The normalized spacial score (nSPS) is 9.81. The fourth-order valence-electron chi connectivity index (χ4n) is 2.19. The topological polar surface area (TPSA) is 91.5 Å². The highest BCUT2D eigenvalue weighted by molar-refractivity contribution is 6.00. The third-order valence-electron chi connectivity index (χ3n) is 3.51. The zero-order valence-corrected chi connectivity index (χ0v) is 16.0. The van der Waals surface area contributed by atoms with E-state index in [1.165, 1.54) is 0 Å². The zero-order valence-electron chi connectivity index (χ0n) is 15.2. The van der Waals surface area contributed by atoms with Gasteiger partial charge in [0.05, 0.1) is 6.61 Å². The van der Waals surface area contributed by atoms with Crippen molar-refractivity contribution in [2.24, 2.45) is 0 Å². The Morgan fingerprint density at radius 3 is 2.11 bits per heavy atom. The van der Waals surface area contributed by atoms with Crippen LogP contribution >= 0.6 is 12.4 Å². The molecule has 27 heavy (non-hydrogen) atoms. The van der Waals surface area contributed by atoms with E-state index in [-0.39, 0.29) is 24.3 Å². The highest BCUT2D eigenvalue weighted by Gasteiger charge is 2.06. The van der Waals surface area contributed by atoms with Gasteiger partial charge in [-0.1, -0.05) is 18.2 Å². The van der Waals surface area contributed by atoms with Crippen molar-refractivity contribution >= 4 is 35.7 Å². The molecule has 8 heteroatoms. The molecule has 0 aliphatic carbocycles. The number of benzene rings is 2. The molecule has 0 saturated heterocycles. The zero-order chi connectivity index (χ0) is 18.6. The molecule has 0 fully saturated rings. The molecule has 146 valence electrons. The van der Waals surface area contributed by atoms with E-state index in [4.69, 9.17) is 4.74 Å². The van der Waals surface area contributed by atoms with Gasteiger partial charge in [-0.3, -0.25) is 4.79 Å². The summed E-state index contributed by atoms with van der Waals surface area (Å²) in [5.74, 6) is -0.154. The SMILES string of the molecule is COCCNCCNC(=O)c1ccc(NC(=O)Nc2ccccc2)cc1.Cl. The number of hydrogen-bond acceptors (Lipinski definition) is 4. The van der Waals surface area contributed by atoms with Gasteiger partial charge < -0.3 is 26.0 Å². The van der Waals surface area contributed by atoms with Crippen molar-refractivity contribution < 1.29 is 14.3 Å². The number of methoxy groups -OCH3 is 1. The first-order valence-corrected chi connectivity index (χ1v) is 8.40. The standard InChI is InChI=1S/C19H24N4O3.ClH/c1-26-14-13-20-11-12-21-18(24)15-7-9-17(10-8-15)23-19(25)22-16-5-3-2-4-6-16;/h2-10,20H,11-14H2,1H3,(H,21,24)(H2,22,23,25);1H. The maximum Gasteiger partial charge on any atom is 0.323 e. The summed E-state index contributed by atoms with van der Waals surface area (Å²) in [6, 6.07) is 15.6. The minimum absolute atomic E-state index is 0. The summed E-state index contributed by atoms with van der Waals surface area (Å²) < 4.78 is 4.93. The van der Waals surface area contributed by atoms with Crippen LogP contribution in [0.25, 0.3) is 0 Å². The molecule has 0 spiro atoms. The Bertz CT molecular complexity index is 696. The van der Waals surface area contributed by atoms with Gasteiger partial charge in [0, 0.05) is 43.7 Å². The average Bonchev–Trinajstić information content (AvgIpc) is 2.65. The first-order valence-electron chi connectivity index (χ1n) is 8.40. The van der Waals surface area contributed by atoms with E-state index in [9.17, 15) is 9.59 Å². The summed E-state index contributed by atoms with van der Waals surface area (Å²) in [4.78, 5) is 24.0. The molecular weight excluding hydrogens is 368 g/mol. The maximum atomic E-state index is 12.0. The lowest BCUT2D eigenvalue weighted by Gasteiger charge is -2.09. The van der Waals surface area contributed by atoms with E-state index < -0.39 is 0 Å². The van der Waals surface area contributed by atoms with Crippen LogP contribution in [-0.4, -0.2) is 45.3 Å². The van der Waals surface area contributed by atoms with Gasteiger partial charge in [0.15, 0.2) is 0 Å². The first-order chi connectivity index (χ1) is 12.7. The van der Waals surface area contributed by atoms with Crippen LogP contribution in [0.3, 0.4) is 0 Å². The highest BCUT2D eigenvalue weighted by Crippen LogP contribution is 2.11. The first kappa shape index (κ1) is 22.4. The summed E-state index contributed by atoms with van der Waals surface area (Å²) >= 11 is 0. The number of nitrogens with one attached hydrogen (secondary N) is 4. The van der Waals surface area contributed by atoms with Gasteiger partial charge in [-0.15, -0.1) is 12.4 Å². The van der Waals surface area contributed by atoms with Crippen LogP contribution in [0, 0.1) is 0 Å². The monoisotopic (exact) mass is 392 g/mol. The Kier molecular flexibility index (Phi) is 10.5. The second kappa shape index (κ2) is 12.7. The van der Waals surface area contributed by atoms with Crippen LogP contribution in [0.15, 0.2) is 54.6 Å². The summed E-state index contributed by atoms with van der Waals surface area (Å²) in [5, 5.41) is 11.4. The molecule has 0 heterocycles. The molecule has 0 unspecified atom stereocenters. The number of ether oxygens (including phenoxy) is 1. The molecule has 0 aromatic heterocycles. The summed E-state index contributed by atoms with van der Waals surface area (Å²) in [5.41, 5.74) is 1.85. The second-order valence-electron chi connectivity index (χ2n) is 5.52. The van der Waals surface area contributed by atoms with Crippen LogP contribution in [0.5, 0.6) is 0 Å². The van der Waals surface area contributed by atoms with Gasteiger partial charge in [0.2, 0.25) is 0 Å². The van der Waals surface area contributed by atoms with Crippen molar-refractivity contribution in [3.63, 3.8) is 0 Å². The number of urea groups is 1. The maximum absolute atomic E-state index is 12.0. The fourth-order valence-corrected chi connectivity index (χ4v) is 2.19. The van der Waals surface area contributed by atoms with Crippen molar-refractivity contribution in [3.8, 4) is 0 Å². The lowest BCUT2D eigenvalue weighted by molar-refractivity contribution is 0.0953. The number of halogens is 1. The molecule has 0 radical (unpaired) electrons. The average molecular weight is 393 g/mol. The summed E-state index contributed by atoms with van der Waals surface area (Å²) in [6.07, 6.45) is 0. The molecule has 0 atom stereocenters. The number of carbonyl (C=O) groups is 2. The molecule has 2 aromatic carbocycles. The van der Waals surface area contributed by atoms with Crippen LogP contribution in [-0.2, 0) is 4.74 Å². The molecule has 0 aliphatic rings. The molecule has 0 aliphatic heterocycles. The third kappa shape index (κ3) is 8.54. The molecule has 0 saturated carbocycles. The van der Waals surface area contributed by atoms with Crippen molar-refractivity contribution in [3.05, 3.63) is 60.2 Å². The van der Waals surface area contributed by atoms with Gasteiger partial charge in [0.25, 0.3) is 5.91 Å². The number of para-hydroxylation sites is 1. The predicted molar refractivity (Wildman–Crippen MR) is 110 cm³/mol. The largest absolute Gasteiger partial charge is 0.383 e. The Morgan fingerprint density at radius 2 is 1.48 bits per heavy atom. The van der Waals surface area contributed by atoms with Crippen LogP contribution in [0.1, 0.15) is 10.4 Å². The van der Waals surface area contributed by atoms with Crippen LogP contribution in [0.2, 0.25) is 0 Å². The predicted octanol–water partition coefficient (Wildman–Crippen LogP) is 2.72. The van der Waals surface area contributed by atoms with Crippen molar-refractivity contribution in [2.45, 2.75) is 0 Å². The number of hydrogen-bond donors (Lipinski definition) is 4. The lowest BCUT2D eigenvalue weighted by Crippen LogP contribution is -2.33. The fraction of sp³-hybridized carbons (Fsp3) is 0.263. The van der Waals surface area contributed by atoms with Crippen LogP contribution in [0.4, 0.5) is 16.2 Å². The van der Waals surface area contributed by atoms with E-state index in [2.05, 4.69) is 21.3 Å². The van der Waals surface area contributed by atoms with E-state index in [1.807, 2.05) is 18.2 Å². The Labute approximate surface area is 165 Å². The molecule has 7 nitrogen and oxygen atoms in total. The van der Waals surface area contributed by atoms with Crippen molar-refractivity contribution in [2.75, 3.05) is 44.0 Å². The minimum atomic E-state index is -0.337. The number of rotatable bonds is 9. The highest BCUT2D eigenvalue weighted by atomic mass is 35.5. The lowest BCUT2D eigenvalue weighted by atomic mass is 10.2. The summed E-state index contributed by atoms with van der Waals surface area (Å²) in [7, 11) is 1.65. The quantitative estimate of drug-likeness (QED) is 0.494. The number of amides is 3. The molecule has 2 aromatic rings. The molecule has 4 N–H and O–H groups in total. The van der Waals surface area contributed by atoms with Crippen LogP contribution < -0.4 is 21.3 Å². The van der Waals surface area contributed by atoms with Gasteiger partial charge in [0.1, 0.15) is 0 Å². The minimum Gasteiger partial charge on any atom is -0.383 e. The Hall–Kier alpha value is -2.61. The summed E-state index contributed by atoms with van der Waals surface area (Å²) in [6.45, 7) is 2.59. The van der Waals surface area contributed by atoms with E-state index in [0.29, 0.717) is 36.6 Å². The Morgan fingerprint density at radius 1 is 0.852 bits per heavy atom.